The Kier molecular flexibility index (Phi) is 6.75. The van der Waals surface area contributed by atoms with Crippen LogP contribution in [0.3, 0.4) is 0 Å². The summed E-state index contributed by atoms with van der Waals surface area (Å²) in [5.41, 5.74) is 14.9. The summed E-state index contributed by atoms with van der Waals surface area (Å²) in [6.45, 7) is 0. The van der Waals surface area contributed by atoms with Crippen molar-refractivity contribution >= 4 is 48.6 Å². The van der Waals surface area contributed by atoms with Gasteiger partial charge in [-0.2, -0.15) is 0 Å². The molecule has 1 spiro atoms. The molecular formula is C52H41NS. The average molecular weight is 712 g/mol. The molecule has 4 fully saturated rings. The SMILES string of the molecule is c1ccc(-c2ccc(N(c3ccc(-c4cccc5c4sc4ccccc45)cc3)c3cccc4c3-c3ccccc3C43C4CC5CC(C4)CC3C5)cc2)cc1. The molecule has 0 unspecified atom stereocenters. The van der Waals surface area contributed by atoms with Crippen LogP contribution in [0.5, 0.6) is 0 Å². The van der Waals surface area contributed by atoms with Gasteiger partial charge in [0.25, 0.3) is 0 Å². The fourth-order valence-corrected chi connectivity index (χ4v) is 13.2. The minimum atomic E-state index is 0.130. The first-order chi connectivity index (χ1) is 26.7. The lowest BCUT2D eigenvalue weighted by Crippen LogP contribution is -2.55. The van der Waals surface area contributed by atoms with Crippen LogP contribution >= 0.6 is 11.3 Å². The van der Waals surface area contributed by atoms with Gasteiger partial charge in [0.15, 0.2) is 0 Å². The summed E-state index contributed by atoms with van der Waals surface area (Å²) >= 11 is 1.90. The predicted octanol–water partition coefficient (Wildman–Crippen LogP) is 14.6. The number of thiophene rings is 1. The van der Waals surface area contributed by atoms with Gasteiger partial charge in [-0.1, -0.05) is 127 Å². The molecule has 8 aromatic rings. The maximum absolute atomic E-state index is 2.54. The van der Waals surface area contributed by atoms with E-state index in [-0.39, 0.29) is 5.41 Å². The van der Waals surface area contributed by atoms with E-state index in [0.29, 0.717) is 0 Å². The molecule has 0 amide bonds. The molecule has 7 aromatic carbocycles. The number of rotatable bonds is 5. The van der Waals surface area contributed by atoms with Crippen LogP contribution in [0.25, 0.3) is 53.6 Å². The molecule has 0 radical (unpaired) electrons. The zero-order valence-corrected chi connectivity index (χ0v) is 31.1. The van der Waals surface area contributed by atoms with E-state index in [2.05, 4.69) is 169 Å². The van der Waals surface area contributed by atoms with Crippen LogP contribution in [-0.2, 0) is 5.41 Å². The number of anilines is 3. The molecule has 260 valence electrons. The third-order valence-electron chi connectivity index (χ3n) is 13.9. The molecule has 1 aromatic heterocycles. The fourth-order valence-electron chi connectivity index (χ4n) is 12.0. The predicted molar refractivity (Wildman–Crippen MR) is 228 cm³/mol. The Hall–Kier alpha value is -5.44. The van der Waals surface area contributed by atoms with Gasteiger partial charge in [-0.3, -0.25) is 0 Å². The lowest BCUT2D eigenvalue weighted by Gasteiger charge is -2.61. The molecule has 5 aliphatic carbocycles. The van der Waals surface area contributed by atoms with E-state index in [1.54, 1.807) is 11.1 Å². The maximum atomic E-state index is 2.54. The van der Waals surface area contributed by atoms with E-state index in [1.165, 1.54) is 103 Å². The molecule has 1 nitrogen and oxygen atoms in total. The monoisotopic (exact) mass is 711 g/mol. The largest absolute Gasteiger partial charge is 0.310 e. The van der Waals surface area contributed by atoms with Crippen LogP contribution in [-0.4, -0.2) is 0 Å². The van der Waals surface area contributed by atoms with E-state index in [9.17, 15) is 0 Å². The Morgan fingerprint density at radius 3 is 1.78 bits per heavy atom. The van der Waals surface area contributed by atoms with Crippen LogP contribution in [0.4, 0.5) is 17.1 Å². The fraction of sp³-hybridized carbons (Fsp3) is 0.192. The van der Waals surface area contributed by atoms with E-state index in [0.717, 1.165) is 23.7 Å². The van der Waals surface area contributed by atoms with Crippen LogP contribution in [0.1, 0.15) is 43.2 Å². The first-order valence-corrected chi connectivity index (χ1v) is 20.8. The standard InChI is InChI=1S/C52H41NS/c1-2-10-35(11-3-1)36-20-24-40(25-21-36)53(41-26-22-37(23-27-41)42-14-8-15-44-43-12-5-7-19-49(43)54-51(42)44)48-18-9-17-47-50(48)45-13-4-6-16-46(45)52(47)38-29-33-28-34(31-38)32-39(52)30-33/h1-27,33-34,38-39H,28-32H2. The summed E-state index contributed by atoms with van der Waals surface area (Å²) in [6, 6.07) is 61.8. The number of hydrogen-bond acceptors (Lipinski definition) is 2. The third kappa shape index (κ3) is 4.38. The van der Waals surface area contributed by atoms with Crippen LogP contribution in [0, 0.1) is 23.7 Å². The number of nitrogens with zero attached hydrogens (tertiary/aromatic N) is 1. The average Bonchev–Trinajstić information content (AvgIpc) is 3.75. The van der Waals surface area contributed by atoms with Crippen molar-refractivity contribution in [1.29, 1.82) is 0 Å². The lowest BCUT2D eigenvalue weighted by atomic mass is 9.43. The van der Waals surface area contributed by atoms with E-state index in [1.807, 2.05) is 11.3 Å². The van der Waals surface area contributed by atoms with Gasteiger partial charge >= 0.3 is 0 Å². The highest BCUT2D eigenvalue weighted by molar-refractivity contribution is 7.26. The molecular weight excluding hydrogens is 671 g/mol. The van der Waals surface area contributed by atoms with Gasteiger partial charge in [-0.15, -0.1) is 11.3 Å². The van der Waals surface area contributed by atoms with Crippen molar-refractivity contribution in [3.05, 3.63) is 175 Å². The third-order valence-corrected chi connectivity index (χ3v) is 15.1. The van der Waals surface area contributed by atoms with Crippen LogP contribution in [0.15, 0.2) is 164 Å². The number of hydrogen-bond donors (Lipinski definition) is 0. The Morgan fingerprint density at radius 2 is 1.02 bits per heavy atom. The molecule has 0 atom stereocenters. The topological polar surface area (TPSA) is 3.24 Å². The molecule has 0 aliphatic heterocycles. The Labute approximate surface area is 321 Å². The lowest BCUT2D eigenvalue weighted by molar-refractivity contribution is -0.0399. The quantitative estimate of drug-likeness (QED) is 0.172. The summed E-state index contributed by atoms with van der Waals surface area (Å²) in [5, 5.41) is 2.69. The minimum Gasteiger partial charge on any atom is -0.310 e. The van der Waals surface area contributed by atoms with Crippen molar-refractivity contribution in [1.82, 2.24) is 0 Å². The normalized spacial score (nSPS) is 23.3. The summed E-state index contributed by atoms with van der Waals surface area (Å²) in [7, 11) is 0. The molecule has 1 heterocycles. The Balaban J connectivity index is 1.04. The first kappa shape index (κ1) is 31.0. The van der Waals surface area contributed by atoms with Crippen molar-refractivity contribution in [2.75, 3.05) is 4.90 Å². The first-order valence-electron chi connectivity index (χ1n) is 19.9. The zero-order valence-electron chi connectivity index (χ0n) is 30.3. The molecule has 54 heavy (non-hydrogen) atoms. The van der Waals surface area contributed by atoms with Gasteiger partial charge in [0.1, 0.15) is 0 Å². The Bertz CT molecular complexity index is 2690. The minimum absolute atomic E-state index is 0.130. The number of benzene rings is 7. The van der Waals surface area contributed by atoms with Crippen molar-refractivity contribution in [3.8, 4) is 33.4 Å². The maximum Gasteiger partial charge on any atom is 0.0543 e. The van der Waals surface area contributed by atoms with Gasteiger partial charge in [0.2, 0.25) is 0 Å². The molecule has 4 saturated carbocycles. The highest BCUT2D eigenvalue weighted by atomic mass is 32.1. The summed E-state index contributed by atoms with van der Waals surface area (Å²) < 4.78 is 2.70. The second kappa shape index (κ2) is 11.8. The molecule has 4 bridgehead atoms. The van der Waals surface area contributed by atoms with Gasteiger partial charge in [-0.25, -0.2) is 0 Å². The van der Waals surface area contributed by atoms with Crippen molar-refractivity contribution in [2.45, 2.75) is 37.5 Å². The molecule has 5 aliphatic rings. The van der Waals surface area contributed by atoms with Crippen molar-refractivity contribution in [2.24, 2.45) is 23.7 Å². The second-order valence-electron chi connectivity index (χ2n) is 16.5. The van der Waals surface area contributed by atoms with E-state index in [4.69, 9.17) is 0 Å². The summed E-state index contributed by atoms with van der Waals surface area (Å²) in [6.07, 6.45) is 7.04. The van der Waals surface area contributed by atoms with E-state index < -0.39 is 0 Å². The van der Waals surface area contributed by atoms with Gasteiger partial charge in [0, 0.05) is 42.5 Å². The smallest absolute Gasteiger partial charge is 0.0543 e. The van der Waals surface area contributed by atoms with Crippen molar-refractivity contribution < 1.29 is 0 Å². The van der Waals surface area contributed by atoms with Crippen molar-refractivity contribution in [3.63, 3.8) is 0 Å². The van der Waals surface area contributed by atoms with E-state index >= 15 is 0 Å². The zero-order chi connectivity index (χ0) is 35.4. The van der Waals surface area contributed by atoms with Crippen LogP contribution < -0.4 is 4.90 Å². The van der Waals surface area contributed by atoms with Gasteiger partial charge in [0.05, 0.1) is 5.69 Å². The summed E-state index contributed by atoms with van der Waals surface area (Å²) in [5.74, 6) is 3.32. The second-order valence-corrected chi connectivity index (χ2v) is 17.5. The molecule has 13 rings (SSSR count). The molecule has 0 saturated heterocycles. The highest BCUT2D eigenvalue weighted by Gasteiger charge is 2.61. The highest BCUT2D eigenvalue weighted by Crippen LogP contribution is 2.70. The van der Waals surface area contributed by atoms with Crippen LogP contribution in [0.2, 0.25) is 0 Å². The number of fused-ring (bicyclic) bond motifs is 6. The summed E-state index contributed by atoms with van der Waals surface area (Å²) in [4.78, 5) is 2.54. The Morgan fingerprint density at radius 1 is 0.444 bits per heavy atom. The molecule has 0 N–H and O–H groups in total. The van der Waals surface area contributed by atoms with Gasteiger partial charge in [-0.05, 0) is 131 Å². The van der Waals surface area contributed by atoms with Gasteiger partial charge < -0.3 is 4.90 Å². The molecule has 2 heteroatoms.